The number of hydrogen-bond acceptors (Lipinski definition) is 5. The van der Waals surface area contributed by atoms with Gasteiger partial charge in [0.2, 0.25) is 0 Å². The summed E-state index contributed by atoms with van der Waals surface area (Å²) in [6.07, 6.45) is -8.65. The molecule has 106 valence electrons. The largest absolute Gasteiger partial charge is 0.415 e. The molecule has 0 unspecified atom stereocenters. The van der Waals surface area contributed by atoms with Gasteiger partial charge in [-0.1, -0.05) is 0 Å². The Hall–Kier alpha value is -1.65. The highest BCUT2D eigenvalue weighted by atomic mass is 19.3. The highest BCUT2D eigenvalue weighted by Gasteiger charge is 2.66. The van der Waals surface area contributed by atoms with E-state index in [4.69, 9.17) is 5.11 Å². The van der Waals surface area contributed by atoms with E-state index in [-0.39, 0.29) is 0 Å². The molecule has 1 saturated heterocycles. The third-order valence-corrected chi connectivity index (χ3v) is 2.73. The zero-order chi connectivity index (χ0) is 14.4. The first-order valence-corrected chi connectivity index (χ1v) is 5.11. The van der Waals surface area contributed by atoms with E-state index in [1.165, 1.54) is 0 Å². The van der Waals surface area contributed by atoms with Gasteiger partial charge < -0.3 is 14.9 Å². The van der Waals surface area contributed by atoms with Gasteiger partial charge in [-0.05, 0) is 0 Å². The predicted molar refractivity (Wildman–Crippen MR) is 53.1 cm³/mol. The topological polar surface area (TPSA) is 105 Å². The fraction of sp³-hybridized carbons (Fsp3) is 0.556. The molecule has 1 aromatic heterocycles. The number of alkyl halides is 3. The van der Waals surface area contributed by atoms with Gasteiger partial charge in [0.15, 0.2) is 0 Å². The Balaban J connectivity index is 2.36. The molecule has 0 aliphatic carbocycles. The Kier molecular flexibility index (Phi) is 3.03. The Labute approximate surface area is 102 Å². The normalized spacial score (nSPS) is 31.6. The molecule has 1 aliphatic heterocycles. The molecule has 0 aromatic carbocycles. The second-order valence-electron chi connectivity index (χ2n) is 4.03. The van der Waals surface area contributed by atoms with Crippen molar-refractivity contribution in [1.82, 2.24) is 9.55 Å². The number of H-pyrrole nitrogens is 1. The van der Waals surface area contributed by atoms with E-state index in [1.807, 2.05) is 4.98 Å². The zero-order valence-electron chi connectivity index (χ0n) is 9.22. The molecule has 0 spiro atoms. The standard InChI is InChI=1S/C9H9F3N2O5/c10-8(9(11,12)18)4(15)3-6(19-8)14-2-1-5(16)13-7(14)17/h1-2,4,6,15,18H,3H2,(H,13,16,17)/t4-,6+,8-/m0/s1. The first-order valence-electron chi connectivity index (χ1n) is 5.11. The minimum Gasteiger partial charge on any atom is -0.387 e. The summed E-state index contributed by atoms with van der Waals surface area (Å²) in [5, 5.41) is 17.6. The highest BCUT2D eigenvalue weighted by molar-refractivity contribution is 4.94. The lowest BCUT2D eigenvalue weighted by molar-refractivity contribution is -0.380. The van der Waals surface area contributed by atoms with Crippen molar-refractivity contribution in [2.24, 2.45) is 0 Å². The molecule has 0 radical (unpaired) electrons. The maximum Gasteiger partial charge on any atom is 0.415 e. The van der Waals surface area contributed by atoms with E-state index in [1.54, 1.807) is 0 Å². The molecule has 0 amide bonds. The van der Waals surface area contributed by atoms with Crippen molar-refractivity contribution < 1.29 is 28.1 Å². The number of ether oxygens (including phenoxy) is 1. The number of rotatable bonds is 2. The summed E-state index contributed by atoms with van der Waals surface area (Å²) < 4.78 is 43.9. The molecular weight excluding hydrogens is 273 g/mol. The van der Waals surface area contributed by atoms with Gasteiger partial charge in [-0.2, -0.15) is 13.2 Å². The molecule has 1 fully saturated rings. The first kappa shape index (κ1) is 13.8. The minimum atomic E-state index is -4.94. The Morgan fingerprint density at radius 1 is 1.53 bits per heavy atom. The van der Waals surface area contributed by atoms with E-state index in [2.05, 4.69) is 4.74 Å². The fourth-order valence-corrected chi connectivity index (χ4v) is 1.76. The zero-order valence-corrected chi connectivity index (χ0v) is 9.22. The van der Waals surface area contributed by atoms with Crippen molar-refractivity contribution in [1.29, 1.82) is 0 Å². The quantitative estimate of drug-likeness (QED) is 0.650. The van der Waals surface area contributed by atoms with Crippen molar-refractivity contribution in [3.63, 3.8) is 0 Å². The molecule has 2 heterocycles. The van der Waals surface area contributed by atoms with Crippen LogP contribution in [-0.4, -0.2) is 37.8 Å². The summed E-state index contributed by atoms with van der Waals surface area (Å²) in [5.41, 5.74) is -1.76. The van der Waals surface area contributed by atoms with Crippen LogP contribution in [0, 0.1) is 0 Å². The number of nitrogens with one attached hydrogen (secondary N) is 1. The molecule has 1 aromatic rings. The second-order valence-corrected chi connectivity index (χ2v) is 4.03. The molecule has 7 nitrogen and oxygen atoms in total. The minimum absolute atomic E-state index is 0.623. The monoisotopic (exact) mass is 282 g/mol. The number of halogens is 3. The number of aromatic nitrogens is 2. The van der Waals surface area contributed by atoms with Crippen LogP contribution in [0.25, 0.3) is 0 Å². The number of aliphatic hydroxyl groups excluding tert-OH is 1. The summed E-state index contributed by atoms with van der Waals surface area (Å²) in [5.74, 6) is -4.02. The molecule has 2 rings (SSSR count). The number of nitrogens with zero attached hydrogens (tertiary/aromatic N) is 1. The van der Waals surface area contributed by atoms with Crippen molar-refractivity contribution in [2.45, 2.75) is 30.7 Å². The van der Waals surface area contributed by atoms with Crippen molar-refractivity contribution in [2.75, 3.05) is 0 Å². The second kappa shape index (κ2) is 4.18. The Bertz CT molecular complexity index is 594. The smallest absolute Gasteiger partial charge is 0.387 e. The van der Waals surface area contributed by atoms with Crippen LogP contribution in [0.4, 0.5) is 13.2 Å². The average Bonchev–Trinajstić information content (AvgIpc) is 2.55. The van der Waals surface area contributed by atoms with Crippen molar-refractivity contribution >= 4 is 0 Å². The molecule has 3 N–H and O–H groups in total. The summed E-state index contributed by atoms with van der Waals surface area (Å²) in [4.78, 5) is 24.0. The van der Waals surface area contributed by atoms with Crippen LogP contribution in [-0.2, 0) is 4.74 Å². The average molecular weight is 282 g/mol. The molecule has 3 atom stereocenters. The van der Waals surface area contributed by atoms with Crippen molar-refractivity contribution in [3.8, 4) is 0 Å². The Morgan fingerprint density at radius 2 is 2.16 bits per heavy atom. The summed E-state index contributed by atoms with van der Waals surface area (Å²) in [7, 11) is 0. The van der Waals surface area contributed by atoms with Gasteiger partial charge in [-0.25, -0.2) is 4.79 Å². The van der Waals surface area contributed by atoms with Crippen LogP contribution in [0.3, 0.4) is 0 Å². The van der Waals surface area contributed by atoms with Crippen LogP contribution in [0.15, 0.2) is 21.9 Å². The van der Waals surface area contributed by atoms with Crippen LogP contribution in [0.2, 0.25) is 0 Å². The molecule has 19 heavy (non-hydrogen) atoms. The van der Waals surface area contributed by atoms with Gasteiger partial charge in [0.25, 0.3) is 5.56 Å². The number of aromatic amines is 1. The van der Waals surface area contributed by atoms with Crippen LogP contribution < -0.4 is 11.2 Å². The lowest BCUT2D eigenvalue weighted by atomic mass is 10.1. The van der Waals surface area contributed by atoms with Crippen LogP contribution in [0.5, 0.6) is 0 Å². The maximum absolute atomic E-state index is 13.7. The van der Waals surface area contributed by atoms with Crippen molar-refractivity contribution in [3.05, 3.63) is 33.1 Å². The lowest BCUT2D eigenvalue weighted by Gasteiger charge is -2.27. The highest BCUT2D eigenvalue weighted by Crippen LogP contribution is 2.45. The van der Waals surface area contributed by atoms with E-state index >= 15 is 0 Å². The number of aliphatic hydroxyl groups is 2. The SMILES string of the molecule is O=c1ccn([C@H]2C[C@H](O)[C@@](F)(C(O)(F)F)O2)c(=O)[nH]1. The summed E-state index contributed by atoms with van der Waals surface area (Å²) in [6.45, 7) is 0. The fourth-order valence-electron chi connectivity index (χ4n) is 1.76. The molecule has 0 bridgehead atoms. The summed E-state index contributed by atoms with van der Waals surface area (Å²) in [6, 6.07) is 0.895. The molecule has 0 saturated carbocycles. The van der Waals surface area contributed by atoms with E-state index in [0.29, 0.717) is 4.57 Å². The van der Waals surface area contributed by atoms with Gasteiger partial charge in [-0.15, -0.1) is 0 Å². The molecule has 10 heteroatoms. The Morgan fingerprint density at radius 3 is 2.63 bits per heavy atom. The van der Waals surface area contributed by atoms with Gasteiger partial charge >= 0.3 is 17.7 Å². The van der Waals surface area contributed by atoms with Gasteiger partial charge in [0, 0.05) is 18.7 Å². The van der Waals surface area contributed by atoms with Gasteiger partial charge in [0.1, 0.15) is 12.3 Å². The third-order valence-electron chi connectivity index (χ3n) is 2.73. The van der Waals surface area contributed by atoms with Gasteiger partial charge in [0.05, 0.1) is 0 Å². The molecule has 1 aliphatic rings. The molecular formula is C9H9F3N2O5. The van der Waals surface area contributed by atoms with E-state index < -0.39 is 42.0 Å². The third kappa shape index (κ3) is 2.17. The van der Waals surface area contributed by atoms with Crippen LogP contribution >= 0.6 is 0 Å². The van der Waals surface area contributed by atoms with E-state index in [9.17, 15) is 27.9 Å². The maximum atomic E-state index is 13.7. The summed E-state index contributed by atoms with van der Waals surface area (Å²) >= 11 is 0. The van der Waals surface area contributed by atoms with E-state index in [0.717, 1.165) is 12.3 Å². The predicted octanol–water partition coefficient (Wildman–Crippen LogP) is -0.933. The van der Waals surface area contributed by atoms with Crippen LogP contribution in [0.1, 0.15) is 12.6 Å². The van der Waals surface area contributed by atoms with Gasteiger partial charge in [-0.3, -0.25) is 14.3 Å². The lowest BCUT2D eigenvalue weighted by Crippen LogP contribution is -2.51. The number of hydrogen-bond donors (Lipinski definition) is 3. The first-order chi connectivity index (χ1) is 8.65.